The van der Waals surface area contributed by atoms with Crippen LogP contribution in [0.1, 0.15) is 52.8 Å². The van der Waals surface area contributed by atoms with E-state index >= 15 is 0 Å². The molecule has 19 heavy (non-hydrogen) atoms. The van der Waals surface area contributed by atoms with Crippen LogP contribution in [0.4, 0.5) is 0 Å². The Morgan fingerprint density at radius 2 is 1.42 bits per heavy atom. The lowest BCUT2D eigenvalue weighted by atomic mass is 9.70. The lowest BCUT2D eigenvalue weighted by molar-refractivity contribution is -0.119. The molecule has 1 fully saturated rings. The topological polar surface area (TPSA) is 51.2 Å². The maximum Gasteiger partial charge on any atom is 0.230 e. The van der Waals surface area contributed by atoms with Crippen LogP contribution in [0.25, 0.3) is 0 Å². The zero-order chi connectivity index (χ0) is 13.4. The van der Waals surface area contributed by atoms with Gasteiger partial charge in [-0.1, -0.05) is 43.5 Å². The van der Waals surface area contributed by atoms with Gasteiger partial charge in [0.1, 0.15) is 0 Å². The van der Waals surface area contributed by atoms with Gasteiger partial charge in [0.25, 0.3) is 0 Å². The van der Waals surface area contributed by atoms with Gasteiger partial charge in [-0.3, -0.25) is 14.4 Å². The van der Waals surface area contributed by atoms with Crippen LogP contribution >= 0.6 is 0 Å². The van der Waals surface area contributed by atoms with Gasteiger partial charge in [0.15, 0.2) is 5.78 Å². The third-order valence-corrected chi connectivity index (χ3v) is 4.35. The van der Waals surface area contributed by atoms with Crippen molar-refractivity contribution in [1.82, 2.24) is 0 Å². The molecular formula is C16H16O3. The van der Waals surface area contributed by atoms with E-state index in [0.29, 0.717) is 5.56 Å². The lowest BCUT2D eigenvalue weighted by Crippen LogP contribution is -2.41. The van der Waals surface area contributed by atoms with Crippen molar-refractivity contribution in [3.63, 3.8) is 0 Å². The summed E-state index contributed by atoms with van der Waals surface area (Å²) in [4.78, 5) is 36.8. The fourth-order valence-corrected chi connectivity index (χ4v) is 3.35. The summed E-state index contributed by atoms with van der Waals surface area (Å²) in [5, 5.41) is 0. The Balaban J connectivity index is 2.01. The molecule has 1 saturated carbocycles. The van der Waals surface area contributed by atoms with Crippen molar-refractivity contribution < 1.29 is 14.4 Å². The third kappa shape index (κ3) is 1.93. The Morgan fingerprint density at radius 3 is 2.11 bits per heavy atom. The standard InChI is InChI=1S/C16H16O3/c17-14-11-8-4-5-9-12(11)15(18)16(19)13(14)10-6-2-1-3-7-10/h4-5,8-10,13H,1-3,6-7H2. The quantitative estimate of drug-likeness (QED) is 0.573. The molecule has 1 atom stereocenters. The second kappa shape index (κ2) is 4.72. The van der Waals surface area contributed by atoms with E-state index in [2.05, 4.69) is 0 Å². The second-order valence-electron chi connectivity index (χ2n) is 5.48. The SMILES string of the molecule is O=C1C(=O)C(C2CCCCC2)C(=O)c2ccccc21. The minimum atomic E-state index is -0.720. The first-order valence-electron chi connectivity index (χ1n) is 6.92. The summed E-state index contributed by atoms with van der Waals surface area (Å²) in [6, 6.07) is 6.68. The molecule has 0 spiro atoms. The molecule has 3 heteroatoms. The normalized spacial score (nSPS) is 24.4. The van der Waals surface area contributed by atoms with Crippen LogP contribution < -0.4 is 0 Å². The molecule has 0 bridgehead atoms. The number of Topliss-reactive ketones (excluding diaryl/α,β-unsaturated/α-hetero) is 3. The van der Waals surface area contributed by atoms with E-state index in [1.54, 1.807) is 24.3 Å². The molecule has 1 aromatic rings. The van der Waals surface area contributed by atoms with Crippen LogP contribution in [-0.2, 0) is 4.79 Å². The average Bonchev–Trinajstić information content (AvgIpc) is 2.46. The number of rotatable bonds is 1. The molecule has 0 aromatic heterocycles. The molecule has 0 radical (unpaired) electrons. The maximum atomic E-state index is 12.5. The predicted molar refractivity (Wildman–Crippen MR) is 70.2 cm³/mol. The van der Waals surface area contributed by atoms with Crippen LogP contribution in [0, 0.1) is 11.8 Å². The monoisotopic (exact) mass is 256 g/mol. The smallest absolute Gasteiger partial charge is 0.230 e. The van der Waals surface area contributed by atoms with Crippen molar-refractivity contribution in [3.05, 3.63) is 35.4 Å². The molecule has 0 aliphatic heterocycles. The molecule has 0 saturated heterocycles. The van der Waals surface area contributed by atoms with Gasteiger partial charge in [0.05, 0.1) is 5.92 Å². The summed E-state index contributed by atoms with van der Waals surface area (Å²) in [6.45, 7) is 0. The Hall–Kier alpha value is -1.77. The van der Waals surface area contributed by atoms with Gasteiger partial charge < -0.3 is 0 Å². The van der Waals surface area contributed by atoms with Gasteiger partial charge >= 0.3 is 0 Å². The van der Waals surface area contributed by atoms with Crippen molar-refractivity contribution in [2.45, 2.75) is 32.1 Å². The number of hydrogen-bond acceptors (Lipinski definition) is 3. The Morgan fingerprint density at radius 1 is 0.789 bits per heavy atom. The zero-order valence-corrected chi connectivity index (χ0v) is 10.7. The molecule has 3 rings (SSSR count). The van der Waals surface area contributed by atoms with Crippen LogP contribution in [-0.4, -0.2) is 17.3 Å². The minimum Gasteiger partial charge on any atom is -0.293 e. The van der Waals surface area contributed by atoms with Gasteiger partial charge in [0.2, 0.25) is 11.6 Å². The second-order valence-corrected chi connectivity index (χ2v) is 5.48. The largest absolute Gasteiger partial charge is 0.293 e. The highest BCUT2D eigenvalue weighted by Gasteiger charge is 2.44. The molecule has 0 heterocycles. The first kappa shape index (κ1) is 12.3. The number of hydrogen-bond donors (Lipinski definition) is 0. The Bertz CT molecular complexity index is 553. The molecular weight excluding hydrogens is 240 g/mol. The van der Waals surface area contributed by atoms with Crippen molar-refractivity contribution in [2.75, 3.05) is 0 Å². The van der Waals surface area contributed by atoms with Crippen molar-refractivity contribution in [2.24, 2.45) is 11.8 Å². The van der Waals surface area contributed by atoms with E-state index in [1.165, 1.54) is 0 Å². The number of carbonyl (C=O) groups excluding carboxylic acids is 3. The number of fused-ring (bicyclic) bond motifs is 1. The van der Waals surface area contributed by atoms with Crippen LogP contribution in [0.3, 0.4) is 0 Å². The molecule has 2 aliphatic rings. The highest BCUT2D eigenvalue weighted by atomic mass is 16.2. The van der Waals surface area contributed by atoms with E-state index in [9.17, 15) is 14.4 Å². The van der Waals surface area contributed by atoms with Gasteiger partial charge in [-0.05, 0) is 18.8 Å². The minimum absolute atomic E-state index is 0.0612. The third-order valence-electron chi connectivity index (χ3n) is 4.35. The molecule has 0 N–H and O–H groups in total. The van der Waals surface area contributed by atoms with Crippen LogP contribution in [0.15, 0.2) is 24.3 Å². The summed E-state index contributed by atoms with van der Waals surface area (Å²) in [5.41, 5.74) is 0.715. The van der Waals surface area contributed by atoms with Crippen molar-refractivity contribution >= 4 is 17.3 Å². The number of ketones is 3. The predicted octanol–water partition coefficient (Wildman–Crippen LogP) is 2.83. The fraction of sp³-hybridized carbons (Fsp3) is 0.438. The van der Waals surface area contributed by atoms with Crippen LogP contribution in [0.5, 0.6) is 0 Å². The van der Waals surface area contributed by atoms with Crippen molar-refractivity contribution in [1.29, 1.82) is 0 Å². The fourth-order valence-electron chi connectivity index (χ4n) is 3.35. The van der Waals surface area contributed by atoms with E-state index in [1.807, 2.05) is 0 Å². The zero-order valence-electron chi connectivity index (χ0n) is 10.7. The molecule has 0 amide bonds. The van der Waals surface area contributed by atoms with Crippen LogP contribution in [0.2, 0.25) is 0 Å². The van der Waals surface area contributed by atoms with Gasteiger partial charge in [-0.15, -0.1) is 0 Å². The number of carbonyl (C=O) groups is 3. The van der Waals surface area contributed by atoms with E-state index in [-0.39, 0.29) is 17.3 Å². The van der Waals surface area contributed by atoms with E-state index in [4.69, 9.17) is 0 Å². The highest BCUT2D eigenvalue weighted by Crippen LogP contribution is 2.36. The summed E-state index contributed by atoms with van der Waals surface area (Å²) >= 11 is 0. The van der Waals surface area contributed by atoms with Gasteiger partial charge in [-0.2, -0.15) is 0 Å². The summed E-state index contributed by atoms with van der Waals surface area (Å²) < 4.78 is 0. The molecule has 1 aromatic carbocycles. The molecule has 1 unspecified atom stereocenters. The van der Waals surface area contributed by atoms with Gasteiger partial charge in [-0.25, -0.2) is 0 Å². The first-order chi connectivity index (χ1) is 9.20. The molecule has 2 aliphatic carbocycles. The average molecular weight is 256 g/mol. The summed E-state index contributed by atoms with van der Waals surface area (Å²) in [6.07, 6.45) is 5.04. The highest BCUT2D eigenvalue weighted by molar-refractivity contribution is 6.51. The van der Waals surface area contributed by atoms with Crippen molar-refractivity contribution in [3.8, 4) is 0 Å². The Kier molecular flexibility index (Phi) is 3.05. The van der Waals surface area contributed by atoms with E-state index < -0.39 is 17.5 Å². The number of benzene rings is 1. The maximum absolute atomic E-state index is 12.5. The van der Waals surface area contributed by atoms with Gasteiger partial charge in [0, 0.05) is 11.1 Å². The molecule has 3 nitrogen and oxygen atoms in total. The van der Waals surface area contributed by atoms with E-state index in [0.717, 1.165) is 32.1 Å². The molecule has 98 valence electrons. The summed E-state index contributed by atoms with van der Waals surface area (Å²) in [5.74, 6) is -1.78. The summed E-state index contributed by atoms with van der Waals surface area (Å²) in [7, 11) is 0. The lowest BCUT2D eigenvalue weighted by Gasteiger charge is -2.30. The Labute approximate surface area is 112 Å². The first-order valence-corrected chi connectivity index (χ1v) is 6.92.